The second kappa shape index (κ2) is 7.71. The molecule has 0 bridgehead atoms. The van der Waals surface area contributed by atoms with E-state index >= 15 is 0 Å². The highest BCUT2D eigenvalue weighted by Crippen LogP contribution is 2.16. The maximum absolute atomic E-state index is 11.3. The number of rotatable bonds is 2. The van der Waals surface area contributed by atoms with Gasteiger partial charge < -0.3 is 0 Å². The van der Waals surface area contributed by atoms with Crippen molar-refractivity contribution in [2.75, 3.05) is 6.54 Å². The van der Waals surface area contributed by atoms with Crippen LogP contribution in [-0.4, -0.2) is 10.8 Å². The highest BCUT2D eigenvalue weighted by molar-refractivity contribution is 7.87. The molecule has 0 aliphatic carbocycles. The SMILES string of the molecule is C/C=C\C1=C(/C=C\C)S(=O)NC1.CC. The second-order valence-corrected chi connectivity index (χ2v) is 3.75. The third-order valence-electron chi connectivity index (χ3n) is 1.60. The molecule has 1 aliphatic rings. The van der Waals surface area contributed by atoms with E-state index in [1.54, 1.807) is 0 Å². The third kappa shape index (κ3) is 3.60. The van der Waals surface area contributed by atoms with Gasteiger partial charge in [-0.15, -0.1) is 0 Å². The van der Waals surface area contributed by atoms with Crippen molar-refractivity contribution in [2.45, 2.75) is 27.7 Å². The highest BCUT2D eigenvalue weighted by Gasteiger charge is 2.16. The summed E-state index contributed by atoms with van der Waals surface area (Å²) in [6, 6.07) is 0. The molecule has 0 aromatic carbocycles. The largest absolute Gasteiger partial charge is 0.237 e. The van der Waals surface area contributed by atoms with E-state index in [0.717, 1.165) is 10.5 Å². The zero-order valence-corrected chi connectivity index (χ0v) is 10.1. The Balaban J connectivity index is 0.000000791. The quantitative estimate of drug-likeness (QED) is 0.750. The van der Waals surface area contributed by atoms with E-state index in [1.165, 1.54) is 0 Å². The molecule has 1 rings (SSSR count). The number of hydrogen-bond donors (Lipinski definition) is 1. The molecule has 0 fully saturated rings. The average molecular weight is 213 g/mol. The molecule has 0 saturated heterocycles. The molecule has 1 unspecified atom stereocenters. The molecule has 0 aromatic rings. The van der Waals surface area contributed by atoms with Crippen molar-refractivity contribution in [1.29, 1.82) is 0 Å². The molecule has 1 atom stereocenters. The van der Waals surface area contributed by atoms with Crippen molar-refractivity contribution < 1.29 is 4.21 Å². The first-order valence-corrected chi connectivity index (χ1v) is 6.08. The first-order valence-electron chi connectivity index (χ1n) is 4.93. The minimum atomic E-state index is -1.00. The maximum Gasteiger partial charge on any atom is 0.125 e. The lowest BCUT2D eigenvalue weighted by Crippen LogP contribution is -2.10. The van der Waals surface area contributed by atoms with Crippen LogP contribution in [0, 0.1) is 0 Å². The van der Waals surface area contributed by atoms with Crippen LogP contribution in [0.5, 0.6) is 0 Å². The molecule has 0 aromatic heterocycles. The molecule has 0 amide bonds. The van der Waals surface area contributed by atoms with Crippen LogP contribution < -0.4 is 4.72 Å². The molecule has 3 heteroatoms. The molecular weight excluding hydrogens is 194 g/mol. The van der Waals surface area contributed by atoms with Gasteiger partial charge in [-0.3, -0.25) is 0 Å². The Bertz CT molecular complexity index is 277. The second-order valence-electron chi connectivity index (χ2n) is 2.48. The first kappa shape index (κ1) is 13.3. The van der Waals surface area contributed by atoms with Crippen LogP contribution in [0.1, 0.15) is 27.7 Å². The van der Waals surface area contributed by atoms with Gasteiger partial charge in [-0.2, -0.15) is 0 Å². The molecule has 1 aliphatic heterocycles. The Morgan fingerprint density at radius 3 is 2.29 bits per heavy atom. The fraction of sp³-hybridized carbons (Fsp3) is 0.455. The lowest BCUT2D eigenvalue weighted by atomic mass is 10.2. The minimum Gasteiger partial charge on any atom is -0.237 e. The first-order chi connectivity index (χ1) is 6.79. The summed E-state index contributed by atoms with van der Waals surface area (Å²) in [5.41, 5.74) is 1.12. The molecule has 0 saturated carbocycles. The van der Waals surface area contributed by atoms with Crippen LogP contribution in [0.25, 0.3) is 0 Å². The fourth-order valence-electron chi connectivity index (χ4n) is 1.09. The van der Waals surface area contributed by atoms with Gasteiger partial charge in [0.1, 0.15) is 11.0 Å². The standard InChI is InChI=1S/C9H13NOS.C2H6/c1-3-5-8-7-10-12(11)9(8)6-4-2;1-2/h3-6,10H,7H2,1-2H3;1-2H3/b5-3-,6-4-;. The van der Waals surface area contributed by atoms with Crippen LogP contribution in [0.3, 0.4) is 0 Å². The topological polar surface area (TPSA) is 29.1 Å². The highest BCUT2D eigenvalue weighted by atomic mass is 32.2. The summed E-state index contributed by atoms with van der Waals surface area (Å²) in [5.74, 6) is 0. The Morgan fingerprint density at radius 2 is 1.79 bits per heavy atom. The van der Waals surface area contributed by atoms with Gasteiger partial charge in [0.05, 0.1) is 4.91 Å². The van der Waals surface area contributed by atoms with E-state index in [0.29, 0.717) is 6.54 Å². The van der Waals surface area contributed by atoms with Crippen molar-refractivity contribution in [3.8, 4) is 0 Å². The van der Waals surface area contributed by atoms with Crippen molar-refractivity contribution in [3.63, 3.8) is 0 Å². The van der Waals surface area contributed by atoms with Crippen LogP contribution in [0.15, 0.2) is 34.8 Å². The molecule has 0 radical (unpaired) electrons. The zero-order valence-electron chi connectivity index (χ0n) is 9.33. The maximum atomic E-state index is 11.3. The molecule has 1 N–H and O–H groups in total. The van der Waals surface area contributed by atoms with Gasteiger partial charge in [0, 0.05) is 6.54 Å². The summed E-state index contributed by atoms with van der Waals surface area (Å²) >= 11 is 0. The predicted octanol–water partition coefficient (Wildman–Crippen LogP) is 2.69. The van der Waals surface area contributed by atoms with Gasteiger partial charge in [-0.05, 0) is 25.5 Å². The van der Waals surface area contributed by atoms with Crippen LogP contribution in [0.4, 0.5) is 0 Å². The third-order valence-corrected chi connectivity index (χ3v) is 2.80. The van der Waals surface area contributed by atoms with Gasteiger partial charge in [0.2, 0.25) is 0 Å². The smallest absolute Gasteiger partial charge is 0.125 e. The summed E-state index contributed by atoms with van der Waals surface area (Å²) in [6.45, 7) is 8.59. The Labute approximate surface area is 89.4 Å². The summed E-state index contributed by atoms with van der Waals surface area (Å²) in [4.78, 5) is 0.899. The van der Waals surface area contributed by atoms with Crippen molar-refractivity contribution in [1.82, 2.24) is 4.72 Å². The Kier molecular flexibility index (Phi) is 7.34. The lowest BCUT2D eigenvalue weighted by Gasteiger charge is -1.91. The monoisotopic (exact) mass is 213 g/mol. The van der Waals surface area contributed by atoms with E-state index in [-0.39, 0.29) is 0 Å². The summed E-state index contributed by atoms with van der Waals surface area (Å²) in [7, 11) is -1.00. The van der Waals surface area contributed by atoms with E-state index in [1.807, 2.05) is 52.0 Å². The van der Waals surface area contributed by atoms with Crippen LogP contribution in [-0.2, 0) is 11.0 Å². The summed E-state index contributed by atoms with van der Waals surface area (Å²) in [6.07, 6.45) is 7.76. The van der Waals surface area contributed by atoms with Crippen LogP contribution in [0.2, 0.25) is 0 Å². The molecule has 1 heterocycles. The molecule has 80 valence electrons. The summed E-state index contributed by atoms with van der Waals surface area (Å²) < 4.78 is 14.2. The van der Waals surface area contributed by atoms with Gasteiger partial charge >= 0.3 is 0 Å². The Morgan fingerprint density at radius 1 is 1.21 bits per heavy atom. The summed E-state index contributed by atoms with van der Waals surface area (Å²) in [5, 5.41) is 0. The van der Waals surface area contributed by atoms with Crippen molar-refractivity contribution >= 4 is 11.0 Å². The number of allylic oxidation sites excluding steroid dienone is 3. The van der Waals surface area contributed by atoms with Gasteiger partial charge in [0.25, 0.3) is 0 Å². The van der Waals surface area contributed by atoms with Gasteiger partial charge in [-0.25, -0.2) is 8.93 Å². The van der Waals surface area contributed by atoms with Gasteiger partial charge in [-0.1, -0.05) is 32.1 Å². The van der Waals surface area contributed by atoms with Crippen LogP contribution >= 0.6 is 0 Å². The molecular formula is C11H19NOS. The molecule has 0 spiro atoms. The lowest BCUT2D eigenvalue weighted by molar-refractivity contribution is 0.683. The predicted molar refractivity (Wildman–Crippen MR) is 64.1 cm³/mol. The van der Waals surface area contributed by atoms with E-state index in [4.69, 9.17) is 0 Å². The van der Waals surface area contributed by atoms with E-state index < -0.39 is 11.0 Å². The van der Waals surface area contributed by atoms with E-state index in [9.17, 15) is 4.21 Å². The minimum absolute atomic E-state index is 0.705. The fourth-order valence-corrected chi connectivity index (χ4v) is 2.17. The normalized spacial score (nSPS) is 21.9. The number of hydrogen-bond acceptors (Lipinski definition) is 1. The van der Waals surface area contributed by atoms with Gasteiger partial charge in [0.15, 0.2) is 0 Å². The zero-order chi connectivity index (χ0) is 11.0. The Hall–Kier alpha value is -0.670. The average Bonchev–Trinajstić information content (AvgIpc) is 2.54. The van der Waals surface area contributed by atoms with Crippen molar-refractivity contribution in [2.24, 2.45) is 0 Å². The molecule has 2 nitrogen and oxygen atoms in total. The van der Waals surface area contributed by atoms with E-state index in [2.05, 4.69) is 4.72 Å². The number of nitrogens with one attached hydrogen (secondary N) is 1. The van der Waals surface area contributed by atoms with Crippen molar-refractivity contribution in [3.05, 3.63) is 34.8 Å². The molecule has 14 heavy (non-hydrogen) atoms.